The number of nitrogens with zero attached hydrogens (tertiary/aromatic N) is 10. The molecule has 0 N–H and O–H groups in total. The number of pyridine rings is 4. The minimum absolute atomic E-state index is 0.814. The zero-order valence-corrected chi connectivity index (χ0v) is 58.5. The third-order valence-corrected chi connectivity index (χ3v) is 23.2. The van der Waals surface area contributed by atoms with Gasteiger partial charge in [0.2, 0.25) is 0 Å². The molecule has 0 unspecified atom stereocenters. The summed E-state index contributed by atoms with van der Waals surface area (Å²) in [6, 6.07) is 105. The molecule has 23 aromatic rings. The van der Waals surface area contributed by atoms with E-state index in [0.717, 1.165) is 100 Å². The van der Waals surface area contributed by atoms with Crippen molar-refractivity contribution in [2.45, 2.75) is 0 Å². The van der Waals surface area contributed by atoms with Crippen LogP contribution in [0.2, 0.25) is 0 Å². The minimum Gasteiger partial charge on any atom is -0.309 e. The molecule has 0 fully saturated rings. The number of rotatable bonds is 7. The average Bonchev–Trinajstić information content (AvgIpc) is 1.69. The maximum Gasteiger partial charge on any atom is 0.168 e. The Morgan fingerprint density at radius 3 is 1.12 bits per heavy atom. The van der Waals surface area contributed by atoms with Crippen molar-refractivity contribution in [3.63, 3.8) is 0 Å². The predicted molar refractivity (Wildman–Crippen MR) is 441 cm³/mol. The van der Waals surface area contributed by atoms with Gasteiger partial charge < -0.3 is 13.7 Å². The minimum atomic E-state index is 0.814. The molecule has 0 spiro atoms. The van der Waals surface area contributed by atoms with Crippen molar-refractivity contribution in [1.29, 1.82) is 0 Å². The van der Waals surface area contributed by atoms with Crippen LogP contribution in [0.1, 0.15) is 0 Å². The smallest absolute Gasteiger partial charge is 0.168 e. The predicted octanol–water partition coefficient (Wildman–Crippen LogP) is 24.8. The zero-order chi connectivity index (χ0) is 69.1. The lowest BCUT2D eigenvalue weighted by atomic mass is 10.0. The van der Waals surface area contributed by atoms with E-state index in [2.05, 4.69) is 303 Å². The van der Waals surface area contributed by atoms with Crippen LogP contribution < -0.4 is 0 Å². The topological polar surface area (TPSA) is 97.1 Å². The monoisotopic (exact) mass is 1400 g/mol. The van der Waals surface area contributed by atoms with Gasteiger partial charge in [-0.2, -0.15) is 0 Å². The molecule has 492 valence electrons. The molecule has 0 saturated carbocycles. The average molecular weight is 1400 g/mol. The maximum atomic E-state index is 4.85. The molecule has 12 aromatic carbocycles. The summed E-state index contributed by atoms with van der Waals surface area (Å²) in [6.45, 7) is 0. The molecule has 0 atom stereocenters. The number of hydrogen-bond acceptors (Lipinski definition) is 9. The summed E-state index contributed by atoms with van der Waals surface area (Å²) in [5.41, 5.74) is 19.7. The van der Waals surface area contributed by atoms with Gasteiger partial charge in [-0.3, -0.25) is 24.5 Å². The second-order valence-electron chi connectivity index (χ2n) is 26.3. The first-order valence-electron chi connectivity index (χ1n) is 34.8. The van der Waals surface area contributed by atoms with Crippen molar-refractivity contribution >= 4 is 173 Å². The highest BCUT2D eigenvalue weighted by Crippen LogP contribution is 2.44. The second-order valence-corrected chi connectivity index (χ2v) is 29.0. The Hall–Kier alpha value is -13.3. The number of aromatic nitrogens is 10. The van der Waals surface area contributed by atoms with Gasteiger partial charge in [-0.1, -0.05) is 188 Å². The van der Waals surface area contributed by atoms with Crippen molar-refractivity contribution in [2.24, 2.45) is 0 Å². The Bertz CT molecular complexity index is 7320. The number of para-hydroxylation sites is 3. The summed E-state index contributed by atoms with van der Waals surface area (Å²) < 4.78 is 13.3. The van der Waals surface area contributed by atoms with Crippen LogP contribution >= 0.6 is 34.0 Å². The van der Waals surface area contributed by atoms with E-state index in [0.29, 0.717) is 0 Å². The Kier molecular flexibility index (Phi) is 14.3. The first-order chi connectivity index (χ1) is 52.1. The summed E-state index contributed by atoms with van der Waals surface area (Å²) in [5.74, 6) is 1.63. The lowest BCUT2D eigenvalue weighted by Crippen LogP contribution is -2.02. The van der Waals surface area contributed by atoms with E-state index in [-0.39, 0.29) is 0 Å². The fraction of sp³-hybridized carbons (Fsp3) is 0. The van der Waals surface area contributed by atoms with Crippen LogP contribution in [-0.4, -0.2) is 48.4 Å². The van der Waals surface area contributed by atoms with E-state index >= 15 is 0 Å². The molecule has 11 aromatic heterocycles. The number of benzene rings is 12. The summed E-state index contributed by atoms with van der Waals surface area (Å²) in [5, 5.41) is 32.0. The summed E-state index contributed by atoms with van der Waals surface area (Å²) >= 11 is 5.43. The van der Waals surface area contributed by atoms with Gasteiger partial charge in [-0.25, -0.2) is 0 Å². The largest absolute Gasteiger partial charge is 0.309 e. The molecule has 0 amide bonds. The maximum absolute atomic E-state index is 4.85. The van der Waals surface area contributed by atoms with Gasteiger partial charge in [-0.05, 0) is 147 Å². The lowest BCUT2D eigenvalue weighted by Gasteiger charge is -2.14. The molecule has 0 bridgehead atoms. The molecule has 23 rings (SSSR count). The highest BCUT2D eigenvalue weighted by Gasteiger charge is 2.23. The van der Waals surface area contributed by atoms with Crippen molar-refractivity contribution in [2.75, 3.05) is 0 Å². The van der Waals surface area contributed by atoms with Crippen LogP contribution in [0.25, 0.3) is 196 Å². The van der Waals surface area contributed by atoms with Crippen molar-refractivity contribution in [3.8, 4) is 56.7 Å². The van der Waals surface area contributed by atoms with Gasteiger partial charge in [0.25, 0.3) is 0 Å². The van der Waals surface area contributed by atoms with Gasteiger partial charge in [0.05, 0.1) is 72.7 Å². The molecule has 10 nitrogen and oxygen atoms in total. The fourth-order valence-electron chi connectivity index (χ4n) is 15.7. The van der Waals surface area contributed by atoms with Gasteiger partial charge in [-0.15, -0.1) is 44.2 Å². The molecule has 0 saturated heterocycles. The van der Waals surface area contributed by atoms with E-state index in [9.17, 15) is 0 Å². The SMILES string of the molecule is c1cc(-c2cnc3c(ccc4cccnc43)c2)cc(-n2c3ccccc3c3c4sccc4ccc32)c1.c1ccc(-c2nnc(-c3ccccc3)n2-c2cccc(-n3c4ccccc4c4c5sccc5ccc43)c2)cc1.c1cnc2c(c1)ccc1cc(-n3c4ccccc4c4c5sccc5ccc43)cnc12. The molecular formula is C92H56N10S3. The quantitative estimate of drug-likeness (QED) is 0.148. The van der Waals surface area contributed by atoms with Crippen molar-refractivity contribution < 1.29 is 0 Å². The van der Waals surface area contributed by atoms with Gasteiger partial charge >= 0.3 is 0 Å². The van der Waals surface area contributed by atoms with Crippen LogP contribution in [0.5, 0.6) is 0 Å². The van der Waals surface area contributed by atoms with E-state index in [4.69, 9.17) is 9.97 Å². The number of fused-ring (bicyclic) bond motifs is 21. The molecular weight excluding hydrogens is 1340 g/mol. The van der Waals surface area contributed by atoms with E-state index < -0.39 is 0 Å². The van der Waals surface area contributed by atoms with E-state index in [1.165, 1.54) is 95.7 Å². The third kappa shape index (κ3) is 9.96. The third-order valence-electron chi connectivity index (χ3n) is 20.4. The van der Waals surface area contributed by atoms with E-state index in [1.807, 2.05) is 84.7 Å². The number of thiophene rings is 3. The van der Waals surface area contributed by atoms with Crippen molar-refractivity contribution in [3.05, 3.63) is 338 Å². The molecule has 105 heavy (non-hydrogen) atoms. The first-order valence-corrected chi connectivity index (χ1v) is 37.5. The van der Waals surface area contributed by atoms with Crippen LogP contribution in [0, 0.1) is 0 Å². The summed E-state index contributed by atoms with van der Waals surface area (Å²) in [7, 11) is 0. The van der Waals surface area contributed by atoms with Crippen LogP contribution in [0.4, 0.5) is 0 Å². The van der Waals surface area contributed by atoms with Crippen LogP contribution in [0.15, 0.2) is 338 Å². The Labute approximate surface area is 612 Å². The van der Waals surface area contributed by atoms with Crippen LogP contribution in [-0.2, 0) is 0 Å². The number of hydrogen-bond donors (Lipinski definition) is 0. The fourth-order valence-corrected chi connectivity index (χ4v) is 18.5. The zero-order valence-electron chi connectivity index (χ0n) is 56.0. The Balaban J connectivity index is 0.000000102. The Morgan fingerprint density at radius 1 is 0.229 bits per heavy atom. The van der Waals surface area contributed by atoms with Gasteiger partial charge in [0.1, 0.15) is 0 Å². The Morgan fingerprint density at radius 2 is 0.619 bits per heavy atom. The van der Waals surface area contributed by atoms with Crippen molar-refractivity contribution in [1.82, 2.24) is 48.4 Å². The van der Waals surface area contributed by atoms with Gasteiger partial charge in [0, 0.05) is 115 Å². The highest BCUT2D eigenvalue weighted by atomic mass is 32.1. The highest BCUT2D eigenvalue weighted by molar-refractivity contribution is 7.19. The normalized spacial score (nSPS) is 11.8. The molecule has 0 aliphatic carbocycles. The first kappa shape index (κ1) is 60.5. The second kappa shape index (κ2) is 24.8. The molecule has 0 aliphatic rings. The van der Waals surface area contributed by atoms with Crippen LogP contribution in [0.3, 0.4) is 0 Å². The molecule has 11 heterocycles. The van der Waals surface area contributed by atoms with E-state index in [1.54, 1.807) is 22.7 Å². The standard InChI is InChI=1S/C34H22N4S.C32H19N3S.C26H15N3S/c1-3-10-24(11-4-1)33-35-36-34(25-12-5-2-6-13-25)38(33)27-15-9-14-26(22-27)37-29-17-8-7-16-28(29)31-30(37)19-18-23-20-21-39-32(23)31;1-2-9-27-26(8-1)29-28(13-12-21-14-16-36-32(21)29)35(27)25-7-3-5-22(18-25)24-17-23-11-10-20-6-4-15-33-30(20)31(23)34-19-24;1-2-6-21-20(5-1)23-22(10-9-17-11-13-30-26(17)23)29(21)19-14-18-8-7-16-4-3-12-27-24(16)25(18)28-15-19/h1-22H;1-19H;1-15H. The lowest BCUT2D eigenvalue weighted by molar-refractivity contribution is 1.06. The summed E-state index contributed by atoms with van der Waals surface area (Å²) in [4.78, 5) is 18.8. The molecule has 0 aliphatic heterocycles. The van der Waals surface area contributed by atoms with Gasteiger partial charge in [0.15, 0.2) is 11.6 Å². The molecule has 0 radical (unpaired) electrons. The summed E-state index contributed by atoms with van der Waals surface area (Å²) in [6.07, 6.45) is 7.60. The molecule has 13 heteroatoms.